The van der Waals surface area contributed by atoms with Crippen LogP contribution >= 0.6 is 0 Å². The second-order valence-corrected chi connectivity index (χ2v) is 8.44. The van der Waals surface area contributed by atoms with Gasteiger partial charge in [-0.25, -0.2) is 9.37 Å². The number of benzene rings is 1. The third-order valence-corrected chi connectivity index (χ3v) is 6.09. The zero-order valence-electron chi connectivity index (χ0n) is 18.1. The number of fused-ring (bicyclic) bond motifs is 1. The van der Waals surface area contributed by atoms with E-state index in [1.807, 2.05) is 0 Å². The van der Waals surface area contributed by atoms with E-state index in [2.05, 4.69) is 38.3 Å². The number of amides is 1. The largest absolute Gasteiger partial charge is 0.357 e. The molecule has 0 spiro atoms. The van der Waals surface area contributed by atoms with Crippen molar-refractivity contribution in [2.45, 2.75) is 32.4 Å². The van der Waals surface area contributed by atoms with Gasteiger partial charge in [0.25, 0.3) is 5.91 Å². The standard InChI is InChI=1S/C24H25FN6O/c1-15-4-3-8-31(15)14-18-10-17-13-26-23(12-22(17)27-18)28-24(32)19-6-5-16(11-20(19)25)21-7-9-30(2)29-21/h5-7,9-13,15,27H,3-4,8,14H2,1-2H3,(H,26,28,32)/t15-/m0/s1. The second-order valence-electron chi connectivity index (χ2n) is 8.44. The van der Waals surface area contributed by atoms with Gasteiger partial charge in [-0.1, -0.05) is 6.07 Å². The molecule has 1 aliphatic heterocycles. The number of aryl methyl sites for hydroxylation is 1. The Labute approximate surface area is 185 Å². The first-order valence-electron chi connectivity index (χ1n) is 10.8. The number of rotatable bonds is 5. The molecule has 7 nitrogen and oxygen atoms in total. The van der Waals surface area contributed by atoms with Gasteiger partial charge >= 0.3 is 0 Å². The lowest BCUT2D eigenvalue weighted by Gasteiger charge is -2.19. The Balaban J connectivity index is 1.32. The van der Waals surface area contributed by atoms with Gasteiger partial charge in [-0.05, 0) is 50.6 Å². The number of nitrogens with zero attached hydrogens (tertiary/aromatic N) is 4. The van der Waals surface area contributed by atoms with Gasteiger partial charge in [0.05, 0.1) is 16.8 Å². The van der Waals surface area contributed by atoms with Crippen molar-refractivity contribution in [2.24, 2.45) is 7.05 Å². The summed E-state index contributed by atoms with van der Waals surface area (Å²) < 4.78 is 16.3. The Morgan fingerprint density at radius 1 is 1.28 bits per heavy atom. The van der Waals surface area contributed by atoms with Crippen LogP contribution in [0.15, 0.2) is 48.8 Å². The summed E-state index contributed by atoms with van der Waals surface area (Å²) in [7, 11) is 1.80. The average Bonchev–Trinajstić information content (AvgIpc) is 3.48. The van der Waals surface area contributed by atoms with E-state index in [0.29, 0.717) is 23.1 Å². The Morgan fingerprint density at radius 2 is 2.16 bits per heavy atom. The molecule has 0 saturated carbocycles. The molecule has 32 heavy (non-hydrogen) atoms. The van der Waals surface area contributed by atoms with Crippen LogP contribution in [0.1, 0.15) is 35.8 Å². The highest BCUT2D eigenvalue weighted by molar-refractivity contribution is 6.04. The van der Waals surface area contributed by atoms with Crippen LogP contribution in [0, 0.1) is 5.82 Å². The maximum Gasteiger partial charge on any atom is 0.259 e. The molecule has 5 rings (SSSR count). The summed E-state index contributed by atoms with van der Waals surface area (Å²) in [6.07, 6.45) is 5.97. The van der Waals surface area contributed by atoms with Crippen LogP contribution in [0.3, 0.4) is 0 Å². The van der Waals surface area contributed by atoms with E-state index in [9.17, 15) is 9.18 Å². The molecule has 1 atom stereocenters. The summed E-state index contributed by atoms with van der Waals surface area (Å²) >= 11 is 0. The van der Waals surface area contributed by atoms with E-state index in [1.165, 1.54) is 25.0 Å². The van der Waals surface area contributed by atoms with Crippen molar-refractivity contribution < 1.29 is 9.18 Å². The normalized spacial score (nSPS) is 16.7. The molecule has 1 amide bonds. The number of nitrogens with one attached hydrogen (secondary N) is 2. The van der Waals surface area contributed by atoms with Crippen LogP contribution in [-0.4, -0.2) is 43.1 Å². The number of aromatic nitrogens is 4. The number of anilines is 1. The minimum absolute atomic E-state index is 0.0400. The van der Waals surface area contributed by atoms with Crippen molar-refractivity contribution in [3.63, 3.8) is 0 Å². The van der Waals surface area contributed by atoms with Crippen LogP contribution < -0.4 is 5.32 Å². The molecule has 4 aromatic rings. The number of carbonyl (C=O) groups excluding carboxylic acids is 1. The predicted molar refractivity (Wildman–Crippen MR) is 122 cm³/mol. The van der Waals surface area contributed by atoms with Gasteiger partial charge in [-0.15, -0.1) is 0 Å². The van der Waals surface area contributed by atoms with Crippen molar-refractivity contribution in [1.82, 2.24) is 24.6 Å². The van der Waals surface area contributed by atoms with Crippen molar-refractivity contribution >= 4 is 22.6 Å². The molecule has 8 heteroatoms. The SMILES string of the molecule is C[C@H]1CCCN1Cc1cc2cnc(NC(=O)c3ccc(-c4ccn(C)n4)cc3F)cc2[nH]1. The lowest BCUT2D eigenvalue weighted by Crippen LogP contribution is -2.26. The number of hydrogen-bond donors (Lipinski definition) is 2. The van der Waals surface area contributed by atoms with E-state index >= 15 is 0 Å². The van der Waals surface area contributed by atoms with Crippen molar-refractivity contribution in [3.05, 3.63) is 65.9 Å². The Morgan fingerprint density at radius 3 is 2.88 bits per heavy atom. The molecule has 164 valence electrons. The molecule has 4 heterocycles. The van der Waals surface area contributed by atoms with Crippen molar-refractivity contribution in [3.8, 4) is 11.3 Å². The number of carbonyl (C=O) groups is 1. The fraction of sp³-hybridized carbons (Fsp3) is 0.292. The zero-order valence-corrected chi connectivity index (χ0v) is 18.1. The smallest absolute Gasteiger partial charge is 0.259 e. The van der Waals surface area contributed by atoms with Gasteiger partial charge in [0.2, 0.25) is 0 Å². The van der Waals surface area contributed by atoms with Crippen LogP contribution in [0.25, 0.3) is 22.2 Å². The first kappa shape index (κ1) is 20.4. The average molecular weight is 433 g/mol. The Kier molecular flexibility index (Phi) is 5.22. The summed E-state index contributed by atoms with van der Waals surface area (Å²) in [6.45, 7) is 4.24. The Bertz CT molecular complexity index is 1290. The minimum Gasteiger partial charge on any atom is -0.357 e. The van der Waals surface area contributed by atoms with Crippen molar-refractivity contribution in [2.75, 3.05) is 11.9 Å². The van der Waals surface area contributed by atoms with Gasteiger partial charge in [0.1, 0.15) is 11.6 Å². The monoisotopic (exact) mass is 432 g/mol. The first-order chi connectivity index (χ1) is 15.5. The molecule has 0 aliphatic carbocycles. The van der Waals surface area contributed by atoms with Gasteiger partial charge in [-0.3, -0.25) is 14.4 Å². The van der Waals surface area contributed by atoms with Crippen LogP contribution in [-0.2, 0) is 13.6 Å². The second kappa shape index (κ2) is 8.20. The van der Waals surface area contributed by atoms with Gasteiger partial charge < -0.3 is 10.3 Å². The van der Waals surface area contributed by atoms with E-state index < -0.39 is 11.7 Å². The highest BCUT2D eigenvalue weighted by Gasteiger charge is 2.21. The van der Waals surface area contributed by atoms with E-state index in [4.69, 9.17) is 0 Å². The number of H-pyrrole nitrogens is 1. The third-order valence-electron chi connectivity index (χ3n) is 6.09. The predicted octanol–water partition coefficient (Wildman–Crippen LogP) is 4.34. The molecule has 0 unspecified atom stereocenters. The highest BCUT2D eigenvalue weighted by Crippen LogP contribution is 2.24. The fourth-order valence-corrected chi connectivity index (χ4v) is 4.30. The van der Waals surface area contributed by atoms with Crippen molar-refractivity contribution in [1.29, 1.82) is 0 Å². The Hall–Kier alpha value is -3.52. The maximum atomic E-state index is 14.7. The topological polar surface area (TPSA) is 78.8 Å². The molecule has 1 aromatic carbocycles. The maximum absolute atomic E-state index is 14.7. The summed E-state index contributed by atoms with van der Waals surface area (Å²) in [5.41, 5.74) is 3.24. The van der Waals surface area contributed by atoms with E-state index in [0.717, 1.165) is 29.7 Å². The zero-order chi connectivity index (χ0) is 22.2. The van der Waals surface area contributed by atoms with E-state index in [1.54, 1.807) is 42.3 Å². The lowest BCUT2D eigenvalue weighted by molar-refractivity contribution is 0.102. The molecule has 0 bridgehead atoms. The van der Waals surface area contributed by atoms with Crippen LogP contribution in [0.4, 0.5) is 10.2 Å². The molecule has 3 aromatic heterocycles. The minimum atomic E-state index is -0.603. The molecular weight excluding hydrogens is 407 g/mol. The molecule has 1 saturated heterocycles. The van der Waals surface area contributed by atoms with Crippen LogP contribution in [0.5, 0.6) is 0 Å². The first-order valence-corrected chi connectivity index (χ1v) is 10.8. The van der Waals surface area contributed by atoms with Gasteiger partial charge in [0.15, 0.2) is 0 Å². The molecule has 0 radical (unpaired) electrons. The molecule has 2 N–H and O–H groups in total. The molecule has 1 aliphatic rings. The highest BCUT2D eigenvalue weighted by atomic mass is 19.1. The fourth-order valence-electron chi connectivity index (χ4n) is 4.30. The lowest BCUT2D eigenvalue weighted by atomic mass is 10.1. The van der Waals surface area contributed by atoms with Gasteiger partial charge in [-0.2, -0.15) is 5.10 Å². The quantitative estimate of drug-likeness (QED) is 0.492. The number of halogens is 1. The summed E-state index contributed by atoms with van der Waals surface area (Å²) in [4.78, 5) is 22.9. The summed E-state index contributed by atoms with van der Waals surface area (Å²) in [5.74, 6) is -0.771. The van der Waals surface area contributed by atoms with E-state index in [-0.39, 0.29) is 5.56 Å². The summed E-state index contributed by atoms with van der Waals surface area (Å²) in [5, 5.41) is 7.95. The molecule has 1 fully saturated rings. The number of likely N-dealkylation sites (tertiary alicyclic amines) is 1. The number of hydrogen-bond acceptors (Lipinski definition) is 4. The summed E-state index contributed by atoms with van der Waals surface area (Å²) in [6, 6.07) is 10.7. The third kappa shape index (κ3) is 4.01. The van der Waals surface area contributed by atoms with Gasteiger partial charge in [0, 0.05) is 54.7 Å². The number of aromatic amines is 1. The molecular formula is C24H25FN6O. The number of pyridine rings is 1. The van der Waals surface area contributed by atoms with Crippen LogP contribution in [0.2, 0.25) is 0 Å².